The van der Waals surface area contributed by atoms with Gasteiger partial charge in [-0.25, -0.2) is 12.8 Å². The summed E-state index contributed by atoms with van der Waals surface area (Å²) in [5, 5.41) is 2.72. The normalized spacial score (nSPS) is 12.2. The minimum atomic E-state index is -3.79. The zero-order valence-corrected chi connectivity index (χ0v) is 20.6. The van der Waals surface area contributed by atoms with E-state index >= 15 is 0 Å². The van der Waals surface area contributed by atoms with E-state index in [1.54, 1.807) is 38.1 Å². The monoisotopic (exact) mass is 527 g/mol. The van der Waals surface area contributed by atoms with Crippen molar-refractivity contribution in [2.45, 2.75) is 32.9 Å². The molecule has 0 saturated carbocycles. The second kappa shape index (κ2) is 11.4. The van der Waals surface area contributed by atoms with Gasteiger partial charge in [0, 0.05) is 17.6 Å². The third-order valence-corrected chi connectivity index (χ3v) is 6.41. The van der Waals surface area contributed by atoms with Crippen molar-refractivity contribution in [2.75, 3.05) is 23.7 Å². The number of hydrogen-bond acceptors (Lipinski definition) is 4. The number of halogens is 2. The Balaban J connectivity index is 2.42. The van der Waals surface area contributed by atoms with Gasteiger partial charge < -0.3 is 10.2 Å². The molecular weight excluding hydrogens is 501 g/mol. The summed E-state index contributed by atoms with van der Waals surface area (Å²) in [5.41, 5.74) is 0.943. The topological polar surface area (TPSA) is 86.8 Å². The molecule has 32 heavy (non-hydrogen) atoms. The lowest BCUT2D eigenvalue weighted by Gasteiger charge is -2.32. The fourth-order valence-corrected chi connectivity index (χ4v) is 4.47. The van der Waals surface area contributed by atoms with E-state index in [0.717, 1.165) is 10.6 Å². The van der Waals surface area contributed by atoms with Crippen LogP contribution >= 0.6 is 15.9 Å². The molecule has 0 heterocycles. The number of carbonyl (C=O) groups excluding carboxylic acids is 2. The molecule has 1 N–H and O–H groups in total. The number of nitrogens with zero attached hydrogens (tertiary/aromatic N) is 2. The highest BCUT2D eigenvalue weighted by Gasteiger charge is 2.31. The first-order valence-electron chi connectivity index (χ1n) is 10.1. The van der Waals surface area contributed by atoms with Gasteiger partial charge in [-0.3, -0.25) is 13.9 Å². The van der Waals surface area contributed by atoms with Crippen LogP contribution in [0.5, 0.6) is 0 Å². The SMILES string of the molecule is CCNC(=O)[C@@H](CC)N(Cc1ccc(F)cc1)C(=O)CN(c1cccc(Br)c1)S(C)(=O)=O. The predicted molar refractivity (Wildman–Crippen MR) is 126 cm³/mol. The predicted octanol–water partition coefficient (Wildman–Crippen LogP) is 3.30. The fourth-order valence-electron chi connectivity index (χ4n) is 3.24. The molecule has 0 spiro atoms. The van der Waals surface area contributed by atoms with E-state index in [-0.39, 0.29) is 12.5 Å². The number of rotatable bonds is 10. The average molecular weight is 528 g/mol. The molecular formula is C22H27BrFN3O4S. The standard InChI is InChI=1S/C22H27BrFN3O4S/c1-4-20(22(29)25-5-2)26(14-16-9-11-18(24)12-10-16)21(28)15-27(32(3,30)31)19-8-6-7-17(23)13-19/h6-13,20H,4-5,14-15H2,1-3H3,(H,25,29)/t20-/m1/s1. The van der Waals surface area contributed by atoms with E-state index in [1.165, 1.54) is 29.2 Å². The highest BCUT2D eigenvalue weighted by molar-refractivity contribution is 9.10. The van der Waals surface area contributed by atoms with E-state index < -0.39 is 34.3 Å². The van der Waals surface area contributed by atoms with Crippen LogP contribution in [-0.2, 0) is 26.2 Å². The van der Waals surface area contributed by atoms with Crippen LogP contribution in [0.1, 0.15) is 25.8 Å². The largest absolute Gasteiger partial charge is 0.355 e. The summed E-state index contributed by atoms with van der Waals surface area (Å²) in [6.45, 7) is 3.49. The molecule has 2 rings (SSSR count). The molecule has 2 aromatic rings. The van der Waals surface area contributed by atoms with E-state index in [4.69, 9.17) is 0 Å². The minimum absolute atomic E-state index is 0.0326. The number of likely N-dealkylation sites (N-methyl/N-ethyl adjacent to an activating group) is 1. The van der Waals surface area contributed by atoms with Crippen molar-refractivity contribution in [1.82, 2.24) is 10.2 Å². The van der Waals surface area contributed by atoms with Crippen LogP contribution in [0.25, 0.3) is 0 Å². The van der Waals surface area contributed by atoms with Crippen molar-refractivity contribution in [3.8, 4) is 0 Å². The van der Waals surface area contributed by atoms with Gasteiger partial charge in [-0.05, 0) is 49.2 Å². The molecule has 7 nitrogen and oxygen atoms in total. The molecule has 0 saturated heterocycles. The molecule has 2 amide bonds. The van der Waals surface area contributed by atoms with Crippen LogP contribution in [0.3, 0.4) is 0 Å². The Bertz CT molecular complexity index is 1050. The Morgan fingerprint density at radius 3 is 2.31 bits per heavy atom. The zero-order chi connectivity index (χ0) is 23.9. The van der Waals surface area contributed by atoms with Crippen LogP contribution in [0.2, 0.25) is 0 Å². The van der Waals surface area contributed by atoms with E-state index in [0.29, 0.717) is 28.7 Å². The second-order valence-electron chi connectivity index (χ2n) is 7.22. The number of benzene rings is 2. The van der Waals surface area contributed by atoms with Gasteiger partial charge >= 0.3 is 0 Å². The smallest absolute Gasteiger partial charge is 0.244 e. The van der Waals surface area contributed by atoms with Crippen LogP contribution in [0.4, 0.5) is 10.1 Å². The molecule has 1 atom stereocenters. The number of nitrogens with one attached hydrogen (secondary N) is 1. The molecule has 0 fully saturated rings. The fraction of sp³-hybridized carbons (Fsp3) is 0.364. The van der Waals surface area contributed by atoms with Crippen LogP contribution < -0.4 is 9.62 Å². The quantitative estimate of drug-likeness (QED) is 0.513. The molecule has 10 heteroatoms. The number of sulfonamides is 1. The van der Waals surface area contributed by atoms with Crippen molar-refractivity contribution in [1.29, 1.82) is 0 Å². The Hall–Kier alpha value is -2.46. The number of anilines is 1. The lowest BCUT2D eigenvalue weighted by molar-refractivity contribution is -0.140. The lowest BCUT2D eigenvalue weighted by atomic mass is 10.1. The minimum Gasteiger partial charge on any atom is -0.355 e. The number of hydrogen-bond donors (Lipinski definition) is 1. The van der Waals surface area contributed by atoms with Crippen molar-refractivity contribution in [3.05, 3.63) is 64.4 Å². The maximum Gasteiger partial charge on any atom is 0.244 e. The summed E-state index contributed by atoms with van der Waals surface area (Å²) in [5.74, 6) is -1.29. The highest BCUT2D eigenvalue weighted by atomic mass is 79.9. The Labute approximate surface area is 196 Å². The summed E-state index contributed by atoms with van der Waals surface area (Å²) in [6.07, 6.45) is 1.35. The van der Waals surface area contributed by atoms with Gasteiger partial charge in [-0.15, -0.1) is 0 Å². The van der Waals surface area contributed by atoms with E-state index in [1.807, 2.05) is 0 Å². The molecule has 0 unspecified atom stereocenters. The molecule has 0 aliphatic rings. The van der Waals surface area contributed by atoms with Crippen molar-refractivity contribution < 1.29 is 22.4 Å². The summed E-state index contributed by atoms with van der Waals surface area (Å²) in [7, 11) is -3.79. The summed E-state index contributed by atoms with van der Waals surface area (Å²) < 4.78 is 40.0. The van der Waals surface area contributed by atoms with Crippen molar-refractivity contribution >= 4 is 43.5 Å². The van der Waals surface area contributed by atoms with Crippen molar-refractivity contribution in [2.24, 2.45) is 0 Å². The first kappa shape index (κ1) is 25.8. The van der Waals surface area contributed by atoms with Gasteiger partial charge in [-0.1, -0.05) is 41.1 Å². The van der Waals surface area contributed by atoms with Gasteiger partial charge in [0.1, 0.15) is 18.4 Å². The molecule has 0 bridgehead atoms. The molecule has 2 aromatic carbocycles. The van der Waals surface area contributed by atoms with E-state index in [9.17, 15) is 22.4 Å². The first-order valence-corrected chi connectivity index (χ1v) is 12.8. The Morgan fingerprint density at radius 1 is 1.12 bits per heavy atom. The maximum atomic E-state index is 13.4. The molecule has 174 valence electrons. The maximum absolute atomic E-state index is 13.4. The Kier molecular flexibility index (Phi) is 9.21. The summed E-state index contributed by atoms with van der Waals surface area (Å²) >= 11 is 3.31. The van der Waals surface area contributed by atoms with Crippen LogP contribution in [-0.4, -0.2) is 50.5 Å². The van der Waals surface area contributed by atoms with Crippen LogP contribution in [0.15, 0.2) is 53.0 Å². The molecule has 0 radical (unpaired) electrons. The van der Waals surface area contributed by atoms with Crippen molar-refractivity contribution in [3.63, 3.8) is 0 Å². The van der Waals surface area contributed by atoms with Gasteiger partial charge in [0.05, 0.1) is 11.9 Å². The summed E-state index contributed by atoms with van der Waals surface area (Å²) in [6, 6.07) is 11.4. The number of amides is 2. The molecule has 0 aliphatic heterocycles. The van der Waals surface area contributed by atoms with Crippen LogP contribution in [0, 0.1) is 5.82 Å². The van der Waals surface area contributed by atoms with E-state index in [2.05, 4.69) is 21.2 Å². The van der Waals surface area contributed by atoms with Gasteiger partial charge in [0.15, 0.2) is 0 Å². The highest BCUT2D eigenvalue weighted by Crippen LogP contribution is 2.23. The Morgan fingerprint density at radius 2 is 1.78 bits per heavy atom. The van der Waals surface area contributed by atoms with Gasteiger partial charge in [0.25, 0.3) is 0 Å². The van der Waals surface area contributed by atoms with Gasteiger partial charge in [0.2, 0.25) is 21.8 Å². The summed E-state index contributed by atoms with van der Waals surface area (Å²) in [4.78, 5) is 27.4. The second-order valence-corrected chi connectivity index (χ2v) is 10.0. The molecule has 0 aromatic heterocycles. The third-order valence-electron chi connectivity index (χ3n) is 4.78. The number of carbonyl (C=O) groups is 2. The lowest BCUT2D eigenvalue weighted by Crippen LogP contribution is -2.52. The third kappa shape index (κ3) is 7.03. The molecule has 0 aliphatic carbocycles. The zero-order valence-electron chi connectivity index (χ0n) is 18.2. The first-order chi connectivity index (χ1) is 15.1. The average Bonchev–Trinajstić information content (AvgIpc) is 2.72. The van der Waals surface area contributed by atoms with Gasteiger partial charge in [-0.2, -0.15) is 0 Å².